The monoisotopic (exact) mass is 699 g/mol. The molecule has 0 aliphatic carbocycles. The third kappa shape index (κ3) is 5.93. The van der Waals surface area contributed by atoms with Crippen LogP contribution in [0.1, 0.15) is 0 Å². The summed E-state index contributed by atoms with van der Waals surface area (Å²) >= 11 is 0. The van der Waals surface area contributed by atoms with Gasteiger partial charge in [0.1, 0.15) is 0 Å². The highest BCUT2D eigenvalue weighted by Gasteiger charge is 2.19. The first-order chi connectivity index (χ1) is 27.3. The van der Waals surface area contributed by atoms with Gasteiger partial charge in [0.25, 0.3) is 0 Å². The molecule has 0 saturated carbocycles. The third-order valence-electron chi connectivity index (χ3n) is 10.8. The van der Waals surface area contributed by atoms with Gasteiger partial charge in [-0.05, 0) is 108 Å². The summed E-state index contributed by atoms with van der Waals surface area (Å²) in [6.07, 6.45) is 0. The SMILES string of the molecule is c1ccc(-c2ccc(N(c3cccc(-c4cccc(-c5c(-c6ccccc6)c6ccccc6c6ccccc56)c4)c3)c3cccc4ccccc34)cc2)cc1. The lowest BCUT2D eigenvalue weighted by Crippen LogP contribution is -2.10. The van der Waals surface area contributed by atoms with Gasteiger partial charge in [-0.15, -0.1) is 0 Å². The number of anilines is 3. The second kappa shape index (κ2) is 14.0. The minimum atomic E-state index is 1.10. The lowest BCUT2D eigenvalue weighted by Gasteiger charge is -2.27. The van der Waals surface area contributed by atoms with E-state index in [1.807, 2.05) is 0 Å². The zero-order valence-corrected chi connectivity index (χ0v) is 30.3. The van der Waals surface area contributed by atoms with E-state index in [9.17, 15) is 0 Å². The molecule has 1 heteroatoms. The molecule has 55 heavy (non-hydrogen) atoms. The summed E-state index contributed by atoms with van der Waals surface area (Å²) in [5.41, 5.74) is 13.0. The smallest absolute Gasteiger partial charge is 0.0540 e. The van der Waals surface area contributed by atoms with Crippen LogP contribution in [0, 0.1) is 0 Å². The molecule has 0 bridgehead atoms. The maximum atomic E-state index is 2.40. The predicted molar refractivity (Wildman–Crippen MR) is 235 cm³/mol. The normalized spacial score (nSPS) is 11.3. The molecule has 10 aromatic carbocycles. The van der Waals surface area contributed by atoms with E-state index in [2.05, 4.69) is 229 Å². The Labute approximate surface area is 322 Å². The number of benzene rings is 10. The summed E-state index contributed by atoms with van der Waals surface area (Å²) in [5, 5.41) is 7.48. The molecule has 1 nitrogen and oxygen atoms in total. The van der Waals surface area contributed by atoms with Gasteiger partial charge in [0.2, 0.25) is 0 Å². The van der Waals surface area contributed by atoms with Gasteiger partial charge in [-0.2, -0.15) is 0 Å². The molecule has 0 amide bonds. The third-order valence-corrected chi connectivity index (χ3v) is 10.8. The Morgan fingerprint density at radius 2 is 0.691 bits per heavy atom. The van der Waals surface area contributed by atoms with E-state index in [4.69, 9.17) is 0 Å². The molecule has 0 saturated heterocycles. The van der Waals surface area contributed by atoms with Crippen molar-refractivity contribution < 1.29 is 0 Å². The number of nitrogens with zero attached hydrogens (tertiary/aromatic N) is 1. The van der Waals surface area contributed by atoms with Crippen molar-refractivity contribution in [1.29, 1.82) is 0 Å². The molecule has 0 unspecified atom stereocenters. The Hall–Kier alpha value is -7.22. The first kappa shape index (κ1) is 32.4. The quantitative estimate of drug-likeness (QED) is 0.150. The average molecular weight is 700 g/mol. The van der Waals surface area contributed by atoms with Crippen molar-refractivity contribution in [1.82, 2.24) is 0 Å². The maximum Gasteiger partial charge on any atom is 0.0540 e. The van der Waals surface area contributed by atoms with E-state index in [-0.39, 0.29) is 0 Å². The van der Waals surface area contributed by atoms with Crippen molar-refractivity contribution in [3.05, 3.63) is 224 Å². The Morgan fingerprint density at radius 3 is 1.38 bits per heavy atom. The fourth-order valence-electron chi connectivity index (χ4n) is 8.29. The predicted octanol–water partition coefficient (Wildman–Crippen LogP) is 15.3. The lowest BCUT2D eigenvalue weighted by molar-refractivity contribution is 1.30. The van der Waals surface area contributed by atoms with E-state index >= 15 is 0 Å². The van der Waals surface area contributed by atoms with Crippen molar-refractivity contribution in [2.45, 2.75) is 0 Å². The van der Waals surface area contributed by atoms with E-state index in [0.29, 0.717) is 0 Å². The summed E-state index contributed by atoms with van der Waals surface area (Å²) in [4.78, 5) is 2.40. The molecule has 0 atom stereocenters. The van der Waals surface area contributed by atoms with Crippen LogP contribution < -0.4 is 4.90 Å². The number of fused-ring (bicyclic) bond motifs is 4. The van der Waals surface area contributed by atoms with E-state index < -0.39 is 0 Å². The largest absolute Gasteiger partial charge is 0.310 e. The highest BCUT2D eigenvalue weighted by atomic mass is 15.1. The minimum absolute atomic E-state index is 1.10. The molecule has 0 aromatic heterocycles. The highest BCUT2D eigenvalue weighted by molar-refractivity contribution is 6.21. The van der Waals surface area contributed by atoms with Crippen LogP contribution >= 0.6 is 0 Å². The number of rotatable bonds is 7. The molecule has 0 fully saturated rings. The van der Waals surface area contributed by atoms with Gasteiger partial charge in [-0.3, -0.25) is 0 Å². The molecule has 0 aliphatic rings. The van der Waals surface area contributed by atoms with Crippen LogP contribution in [0.4, 0.5) is 17.1 Å². The number of hydrogen-bond donors (Lipinski definition) is 0. The summed E-state index contributed by atoms with van der Waals surface area (Å²) in [6, 6.07) is 81.4. The van der Waals surface area contributed by atoms with Crippen LogP contribution in [-0.2, 0) is 0 Å². The Bertz CT molecular complexity index is 2960. The van der Waals surface area contributed by atoms with Gasteiger partial charge in [0.15, 0.2) is 0 Å². The molecule has 258 valence electrons. The zero-order valence-electron chi connectivity index (χ0n) is 30.3. The molecule has 10 rings (SSSR count). The van der Waals surface area contributed by atoms with Gasteiger partial charge >= 0.3 is 0 Å². The molecule has 0 radical (unpaired) electrons. The van der Waals surface area contributed by atoms with Gasteiger partial charge in [0.05, 0.1) is 5.69 Å². The molecule has 0 N–H and O–H groups in total. The molecule has 0 aliphatic heterocycles. The second-order valence-electron chi connectivity index (χ2n) is 14.1. The standard InChI is InChI=1S/C54H37N/c1-3-16-38(17-4-1)39-32-34-45(35-33-39)55(52-31-15-21-40-18-7-8-26-47(40)52)46-25-14-23-43(37-46)42-22-13-24-44(36-42)54-51-30-12-10-28-49(51)48-27-9-11-29-50(48)53(54)41-19-5-2-6-20-41/h1-37H. The Morgan fingerprint density at radius 1 is 0.236 bits per heavy atom. The summed E-state index contributed by atoms with van der Waals surface area (Å²) in [7, 11) is 0. The van der Waals surface area contributed by atoms with E-state index in [0.717, 1.165) is 22.6 Å². The fourth-order valence-corrected chi connectivity index (χ4v) is 8.29. The minimum Gasteiger partial charge on any atom is -0.310 e. The summed E-state index contributed by atoms with van der Waals surface area (Å²) in [6.45, 7) is 0. The van der Waals surface area contributed by atoms with Crippen LogP contribution in [0.2, 0.25) is 0 Å². The molecule has 10 aromatic rings. The second-order valence-corrected chi connectivity index (χ2v) is 14.1. The van der Waals surface area contributed by atoms with Gasteiger partial charge < -0.3 is 4.90 Å². The fraction of sp³-hybridized carbons (Fsp3) is 0. The summed E-state index contributed by atoms with van der Waals surface area (Å²) in [5.74, 6) is 0. The zero-order chi connectivity index (χ0) is 36.6. The van der Waals surface area contributed by atoms with Crippen LogP contribution in [0.15, 0.2) is 224 Å². The summed E-state index contributed by atoms with van der Waals surface area (Å²) < 4.78 is 0. The van der Waals surface area contributed by atoms with Crippen molar-refractivity contribution in [2.24, 2.45) is 0 Å². The van der Waals surface area contributed by atoms with E-state index in [1.54, 1.807) is 0 Å². The first-order valence-corrected chi connectivity index (χ1v) is 18.9. The van der Waals surface area contributed by atoms with Crippen LogP contribution in [0.3, 0.4) is 0 Å². The number of hydrogen-bond acceptors (Lipinski definition) is 1. The van der Waals surface area contributed by atoms with E-state index in [1.165, 1.54) is 71.3 Å². The van der Waals surface area contributed by atoms with Crippen LogP contribution in [-0.4, -0.2) is 0 Å². The van der Waals surface area contributed by atoms with Gasteiger partial charge in [-0.25, -0.2) is 0 Å². The van der Waals surface area contributed by atoms with Crippen molar-refractivity contribution in [3.63, 3.8) is 0 Å². The maximum absolute atomic E-state index is 2.40. The van der Waals surface area contributed by atoms with Gasteiger partial charge in [0, 0.05) is 16.8 Å². The molecular formula is C54H37N. The Balaban J connectivity index is 1.14. The van der Waals surface area contributed by atoms with Crippen molar-refractivity contribution >= 4 is 49.4 Å². The van der Waals surface area contributed by atoms with Gasteiger partial charge in [-0.1, -0.05) is 188 Å². The molecular weight excluding hydrogens is 663 g/mol. The van der Waals surface area contributed by atoms with Crippen LogP contribution in [0.25, 0.3) is 76.8 Å². The first-order valence-electron chi connectivity index (χ1n) is 18.9. The average Bonchev–Trinajstić information content (AvgIpc) is 3.27. The van der Waals surface area contributed by atoms with Crippen molar-refractivity contribution in [2.75, 3.05) is 4.90 Å². The Kier molecular flexibility index (Phi) is 8.24. The lowest BCUT2D eigenvalue weighted by atomic mass is 9.84. The van der Waals surface area contributed by atoms with Crippen molar-refractivity contribution in [3.8, 4) is 44.5 Å². The topological polar surface area (TPSA) is 3.24 Å². The molecule has 0 heterocycles. The highest BCUT2D eigenvalue weighted by Crippen LogP contribution is 2.46. The van der Waals surface area contributed by atoms with Crippen LogP contribution in [0.5, 0.6) is 0 Å². The molecule has 0 spiro atoms.